The van der Waals surface area contributed by atoms with Gasteiger partial charge in [-0.3, -0.25) is 4.90 Å². The van der Waals surface area contributed by atoms with Crippen molar-refractivity contribution in [3.63, 3.8) is 0 Å². The summed E-state index contributed by atoms with van der Waals surface area (Å²) in [6, 6.07) is 15.2. The zero-order valence-corrected chi connectivity index (χ0v) is 16.8. The van der Waals surface area contributed by atoms with Gasteiger partial charge in [-0.15, -0.1) is 4.40 Å². The largest absolute Gasteiger partial charge is 0.497 e. The third kappa shape index (κ3) is 4.20. The highest BCUT2D eigenvalue weighted by Gasteiger charge is 2.26. The smallest absolute Gasteiger partial charge is 0.286 e. The number of ether oxygens (including phenoxy) is 1. The van der Waals surface area contributed by atoms with Crippen molar-refractivity contribution in [2.24, 2.45) is 10.3 Å². The summed E-state index contributed by atoms with van der Waals surface area (Å²) < 4.78 is 33.9. The van der Waals surface area contributed by atoms with Crippen LogP contribution < -0.4 is 10.1 Å². The van der Waals surface area contributed by atoms with Crippen LogP contribution in [0.2, 0.25) is 0 Å². The molecule has 28 heavy (non-hydrogen) atoms. The van der Waals surface area contributed by atoms with Crippen LogP contribution in [0, 0.1) is 5.92 Å². The van der Waals surface area contributed by atoms with Gasteiger partial charge in [0, 0.05) is 0 Å². The lowest BCUT2D eigenvalue weighted by Gasteiger charge is -2.32. The van der Waals surface area contributed by atoms with Gasteiger partial charge in [0.1, 0.15) is 16.5 Å². The van der Waals surface area contributed by atoms with E-state index in [1.54, 1.807) is 25.3 Å². The number of fused-ring (bicyclic) bond motifs is 1. The van der Waals surface area contributed by atoms with Crippen LogP contribution in [0.3, 0.4) is 0 Å². The number of likely N-dealkylation sites (tertiary alicyclic amines) is 1. The van der Waals surface area contributed by atoms with Crippen LogP contribution in [0.5, 0.6) is 5.75 Å². The Kier molecular flexibility index (Phi) is 5.37. The third-order valence-corrected chi connectivity index (χ3v) is 6.81. The minimum absolute atomic E-state index is 0.247. The first-order chi connectivity index (χ1) is 13.5. The van der Waals surface area contributed by atoms with E-state index < -0.39 is 10.0 Å². The molecule has 2 aromatic carbocycles. The van der Waals surface area contributed by atoms with Crippen LogP contribution in [0.1, 0.15) is 18.4 Å². The number of hydrogen-bond donors (Lipinski definition) is 1. The predicted octanol–water partition coefficient (Wildman–Crippen LogP) is 3.16. The normalized spacial score (nSPS) is 19.4. The lowest BCUT2D eigenvalue weighted by atomic mass is 9.90. The van der Waals surface area contributed by atoms with Crippen LogP contribution in [-0.2, 0) is 16.4 Å². The Morgan fingerprint density at radius 3 is 2.54 bits per heavy atom. The molecule has 4 rings (SSSR count). The molecule has 148 valence electrons. The number of methoxy groups -OCH3 is 1. The highest BCUT2D eigenvalue weighted by Crippen LogP contribution is 2.27. The molecule has 2 aliphatic heterocycles. The number of nitrogens with one attached hydrogen (secondary N) is 1. The molecule has 2 aromatic rings. The molecule has 6 nitrogen and oxygen atoms in total. The average molecular weight is 400 g/mol. The second kappa shape index (κ2) is 7.93. The standard InChI is InChI=1S/C21H25N3O3S/c1-27-18-8-6-16(7-9-18)14-17-10-12-24(13-11-17)15-21-22-19-4-2-3-5-20(19)28(25,26)23-21/h2-9,17H,10-15H2,1H3,(H,22,23). The first-order valence-corrected chi connectivity index (χ1v) is 11.0. The van der Waals surface area contributed by atoms with E-state index in [1.807, 2.05) is 18.2 Å². The van der Waals surface area contributed by atoms with E-state index in [-0.39, 0.29) is 4.90 Å². The molecule has 1 fully saturated rings. The van der Waals surface area contributed by atoms with Gasteiger partial charge >= 0.3 is 0 Å². The Bertz CT molecular complexity index is 963. The fourth-order valence-electron chi connectivity index (χ4n) is 3.89. The van der Waals surface area contributed by atoms with Crippen LogP contribution in [-0.4, -0.2) is 45.9 Å². The van der Waals surface area contributed by atoms with Crippen LogP contribution in [0.4, 0.5) is 5.69 Å². The highest BCUT2D eigenvalue weighted by atomic mass is 32.2. The fourth-order valence-corrected chi connectivity index (χ4v) is 5.03. The maximum absolute atomic E-state index is 12.4. The molecule has 0 bridgehead atoms. The van der Waals surface area contributed by atoms with Gasteiger partial charge in [0.05, 0.1) is 19.3 Å². The molecule has 0 amide bonds. The van der Waals surface area contributed by atoms with Crippen molar-refractivity contribution in [2.45, 2.75) is 24.2 Å². The summed E-state index contributed by atoms with van der Waals surface area (Å²) >= 11 is 0. The number of benzene rings is 2. The number of sulfonamides is 1. The molecule has 7 heteroatoms. The predicted molar refractivity (Wildman–Crippen MR) is 111 cm³/mol. The summed E-state index contributed by atoms with van der Waals surface area (Å²) in [5.41, 5.74) is 1.95. The lowest BCUT2D eigenvalue weighted by Crippen LogP contribution is -2.40. The van der Waals surface area contributed by atoms with Crippen LogP contribution >= 0.6 is 0 Å². The summed E-state index contributed by atoms with van der Waals surface area (Å²) in [5.74, 6) is 2.04. The van der Waals surface area contributed by atoms with Crippen LogP contribution in [0.15, 0.2) is 57.8 Å². The van der Waals surface area contributed by atoms with E-state index in [2.05, 4.69) is 26.7 Å². The molecule has 0 unspecified atom stereocenters. The molecule has 1 saturated heterocycles. The quantitative estimate of drug-likeness (QED) is 0.836. The van der Waals surface area contributed by atoms with Gasteiger partial charge in [-0.25, -0.2) is 0 Å². The van der Waals surface area contributed by atoms with Gasteiger partial charge in [0.2, 0.25) is 0 Å². The summed E-state index contributed by atoms with van der Waals surface area (Å²) in [5, 5.41) is 3.18. The van der Waals surface area contributed by atoms with Gasteiger partial charge in [0.25, 0.3) is 10.0 Å². The maximum atomic E-state index is 12.4. The van der Waals surface area contributed by atoms with Crippen LogP contribution in [0.25, 0.3) is 0 Å². The van der Waals surface area contributed by atoms with Crippen molar-refractivity contribution >= 4 is 21.5 Å². The number of anilines is 1. The Morgan fingerprint density at radius 2 is 1.82 bits per heavy atom. The highest BCUT2D eigenvalue weighted by molar-refractivity contribution is 7.90. The lowest BCUT2D eigenvalue weighted by molar-refractivity contribution is 0.205. The molecule has 1 N–H and O–H groups in total. The minimum Gasteiger partial charge on any atom is -0.497 e. The molecule has 0 aromatic heterocycles. The number of piperidine rings is 1. The molecule has 2 aliphatic rings. The number of rotatable bonds is 5. The van der Waals surface area contributed by atoms with E-state index in [0.717, 1.165) is 38.1 Å². The van der Waals surface area contributed by atoms with Crippen molar-refractivity contribution in [1.82, 2.24) is 4.90 Å². The third-order valence-electron chi connectivity index (χ3n) is 5.44. The summed E-state index contributed by atoms with van der Waals surface area (Å²) in [7, 11) is -1.93. The summed E-state index contributed by atoms with van der Waals surface area (Å²) in [6.45, 7) is 2.43. The zero-order chi connectivity index (χ0) is 19.6. The van der Waals surface area contributed by atoms with E-state index in [9.17, 15) is 8.42 Å². The maximum Gasteiger partial charge on any atom is 0.286 e. The molecular formula is C21H25N3O3S. The summed E-state index contributed by atoms with van der Waals surface area (Å²) in [4.78, 5) is 2.52. The minimum atomic E-state index is -3.61. The Morgan fingerprint density at radius 1 is 1.11 bits per heavy atom. The first-order valence-electron chi connectivity index (χ1n) is 9.59. The molecule has 0 radical (unpaired) electrons. The monoisotopic (exact) mass is 399 g/mol. The molecule has 0 atom stereocenters. The van der Waals surface area contributed by atoms with Crippen molar-refractivity contribution in [3.05, 3.63) is 54.1 Å². The first kappa shape index (κ1) is 19.0. The molecule has 0 saturated carbocycles. The van der Waals surface area contributed by atoms with Gasteiger partial charge in [-0.05, 0) is 68.1 Å². The second-order valence-corrected chi connectivity index (χ2v) is 8.98. The number of para-hydroxylation sites is 1. The van der Waals surface area contributed by atoms with Gasteiger partial charge in [-0.2, -0.15) is 8.42 Å². The Balaban J connectivity index is 1.33. The fraction of sp³-hybridized carbons (Fsp3) is 0.381. The number of amidine groups is 1. The van der Waals surface area contributed by atoms with Gasteiger partial charge in [-0.1, -0.05) is 24.3 Å². The second-order valence-electron chi connectivity index (χ2n) is 7.41. The van der Waals surface area contributed by atoms with Crippen molar-refractivity contribution < 1.29 is 13.2 Å². The number of hydrogen-bond acceptors (Lipinski definition) is 5. The topological polar surface area (TPSA) is 71.0 Å². The van der Waals surface area contributed by atoms with Crippen molar-refractivity contribution in [1.29, 1.82) is 0 Å². The van der Waals surface area contributed by atoms with Crippen molar-refractivity contribution in [2.75, 3.05) is 32.1 Å². The molecule has 0 spiro atoms. The van der Waals surface area contributed by atoms with Gasteiger partial charge in [0.15, 0.2) is 0 Å². The molecular weight excluding hydrogens is 374 g/mol. The Labute approximate surface area is 166 Å². The SMILES string of the molecule is COc1ccc(CC2CCN(CC3=NS(=O)(=O)c4ccccc4N3)CC2)cc1. The molecule has 0 aliphatic carbocycles. The van der Waals surface area contributed by atoms with E-state index in [4.69, 9.17) is 4.74 Å². The summed E-state index contributed by atoms with van der Waals surface area (Å²) in [6.07, 6.45) is 3.27. The van der Waals surface area contributed by atoms with E-state index in [0.29, 0.717) is 24.0 Å². The average Bonchev–Trinajstić information content (AvgIpc) is 2.70. The zero-order valence-electron chi connectivity index (χ0n) is 16.0. The van der Waals surface area contributed by atoms with Crippen molar-refractivity contribution in [3.8, 4) is 5.75 Å². The van der Waals surface area contributed by atoms with E-state index in [1.165, 1.54) is 5.56 Å². The number of nitrogens with zero attached hydrogens (tertiary/aromatic N) is 2. The van der Waals surface area contributed by atoms with E-state index >= 15 is 0 Å². The molecule has 2 heterocycles. The Hall–Kier alpha value is -2.38. The van der Waals surface area contributed by atoms with Gasteiger partial charge < -0.3 is 10.1 Å².